The monoisotopic (exact) mass is 248 g/mol. The third-order valence-corrected chi connectivity index (χ3v) is 3.49. The number of hydrogen-bond donors (Lipinski definition) is 3. The van der Waals surface area contributed by atoms with Crippen molar-refractivity contribution in [1.82, 2.24) is 9.97 Å². The van der Waals surface area contributed by atoms with Gasteiger partial charge in [0, 0.05) is 21.8 Å². The van der Waals surface area contributed by atoms with Gasteiger partial charge in [-0.1, -0.05) is 36.4 Å². The Labute approximate surface area is 109 Å². The Bertz CT molecular complexity index is 853. The molecule has 3 N–H and O–H groups in total. The maximum atomic E-state index is 10.1. The van der Waals surface area contributed by atoms with Crippen molar-refractivity contribution in [3.63, 3.8) is 0 Å². The molecule has 2 aromatic heterocycles. The number of aromatic hydroxyl groups is 1. The van der Waals surface area contributed by atoms with E-state index in [1.807, 2.05) is 42.5 Å². The summed E-state index contributed by atoms with van der Waals surface area (Å²) in [5.74, 6) is 0.202. The lowest BCUT2D eigenvalue weighted by molar-refractivity contribution is 0.460. The van der Waals surface area contributed by atoms with E-state index in [-0.39, 0.29) is 5.88 Å². The molecular formula is C16H12N2O. The highest BCUT2D eigenvalue weighted by Crippen LogP contribution is 2.37. The second kappa shape index (κ2) is 3.65. The van der Waals surface area contributed by atoms with Crippen LogP contribution in [0.15, 0.2) is 54.6 Å². The van der Waals surface area contributed by atoms with Crippen LogP contribution >= 0.6 is 0 Å². The van der Waals surface area contributed by atoms with Crippen LogP contribution in [0, 0.1) is 0 Å². The van der Waals surface area contributed by atoms with Crippen LogP contribution < -0.4 is 0 Å². The number of fused-ring (bicyclic) bond motifs is 2. The van der Waals surface area contributed by atoms with Gasteiger partial charge in [-0.05, 0) is 18.2 Å². The van der Waals surface area contributed by atoms with E-state index in [2.05, 4.69) is 22.1 Å². The molecule has 0 fully saturated rings. The van der Waals surface area contributed by atoms with Crippen molar-refractivity contribution in [2.45, 2.75) is 0 Å². The van der Waals surface area contributed by atoms with E-state index in [1.165, 1.54) is 0 Å². The molecule has 4 rings (SSSR count). The van der Waals surface area contributed by atoms with Crippen LogP contribution in [0.2, 0.25) is 0 Å². The van der Waals surface area contributed by atoms with Crippen LogP contribution in [0.25, 0.3) is 33.1 Å². The maximum absolute atomic E-state index is 10.1. The third-order valence-electron chi connectivity index (χ3n) is 3.49. The summed E-state index contributed by atoms with van der Waals surface area (Å²) in [5, 5.41) is 12.3. The average Bonchev–Trinajstić information content (AvgIpc) is 2.97. The minimum absolute atomic E-state index is 0.202. The van der Waals surface area contributed by atoms with Gasteiger partial charge in [0.1, 0.15) is 0 Å². The first-order chi connectivity index (χ1) is 9.33. The predicted molar refractivity (Wildman–Crippen MR) is 77.3 cm³/mol. The van der Waals surface area contributed by atoms with Crippen LogP contribution in [-0.4, -0.2) is 15.1 Å². The number of H-pyrrole nitrogens is 2. The average molecular weight is 248 g/mol. The molecule has 0 saturated heterocycles. The number of aromatic nitrogens is 2. The van der Waals surface area contributed by atoms with Crippen molar-refractivity contribution in [1.29, 1.82) is 0 Å². The minimum atomic E-state index is 0.202. The molecule has 0 amide bonds. The predicted octanol–water partition coefficient (Wildman–Crippen LogP) is 4.02. The number of rotatable bonds is 1. The molecule has 2 aromatic carbocycles. The lowest BCUT2D eigenvalue weighted by atomic mass is 10.1. The molecule has 0 aliphatic heterocycles. The van der Waals surface area contributed by atoms with Gasteiger partial charge in [0.05, 0.1) is 11.3 Å². The van der Waals surface area contributed by atoms with Gasteiger partial charge in [0.2, 0.25) is 0 Å². The van der Waals surface area contributed by atoms with Gasteiger partial charge in [-0.15, -0.1) is 0 Å². The quantitative estimate of drug-likeness (QED) is 0.468. The number of aromatic amines is 2. The Balaban J connectivity index is 2.06. The zero-order valence-corrected chi connectivity index (χ0v) is 10.1. The highest BCUT2D eigenvalue weighted by molar-refractivity contribution is 6.00. The first-order valence-electron chi connectivity index (χ1n) is 6.21. The van der Waals surface area contributed by atoms with Gasteiger partial charge < -0.3 is 15.1 Å². The van der Waals surface area contributed by atoms with Crippen LogP contribution in [0.3, 0.4) is 0 Å². The molecule has 4 aromatic rings. The molecular weight excluding hydrogens is 236 g/mol. The summed E-state index contributed by atoms with van der Waals surface area (Å²) in [6.45, 7) is 0. The second-order valence-electron chi connectivity index (χ2n) is 4.66. The summed E-state index contributed by atoms with van der Waals surface area (Å²) in [6.07, 6.45) is 0. The lowest BCUT2D eigenvalue weighted by Crippen LogP contribution is -1.75. The molecule has 2 heterocycles. The van der Waals surface area contributed by atoms with Crippen LogP contribution in [0.5, 0.6) is 5.88 Å². The number of para-hydroxylation sites is 2. The summed E-state index contributed by atoms with van der Waals surface area (Å²) in [6, 6.07) is 18.0. The standard InChI is InChI=1S/C16H12N2O/c19-16-15(11-6-2-4-8-13(11)18-16)14-9-10-5-1-3-7-12(10)17-14/h1-9,17-19H. The van der Waals surface area contributed by atoms with Crippen LogP contribution in [0.1, 0.15) is 0 Å². The first kappa shape index (κ1) is 10.3. The summed E-state index contributed by atoms with van der Waals surface area (Å²) >= 11 is 0. The summed E-state index contributed by atoms with van der Waals surface area (Å²) < 4.78 is 0. The Kier molecular flexibility index (Phi) is 1.97. The van der Waals surface area contributed by atoms with Gasteiger partial charge in [-0.3, -0.25) is 0 Å². The molecule has 0 radical (unpaired) electrons. The second-order valence-corrected chi connectivity index (χ2v) is 4.66. The first-order valence-corrected chi connectivity index (χ1v) is 6.21. The molecule has 0 unspecified atom stereocenters. The van der Waals surface area contributed by atoms with Gasteiger partial charge in [0.15, 0.2) is 5.88 Å². The fourth-order valence-corrected chi connectivity index (χ4v) is 2.61. The van der Waals surface area contributed by atoms with E-state index >= 15 is 0 Å². The largest absolute Gasteiger partial charge is 0.494 e. The fourth-order valence-electron chi connectivity index (χ4n) is 2.61. The molecule has 0 aliphatic rings. The van der Waals surface area contributed by atoms with Gasteiger partial charge in [-0.2, -0.15) is 0 Å². The van der Waals surface area contributed by atoms with E-state index in [1.54, 1.807) is 0 Å². The van der Waals surface area contributed by atoms with Crippen molar-refractivity contribution < 1.29 is 5.11 Å². The van der Waals surface area contributed by atoms with Crippen molar-refractivity contribution in [3.05, 3.63) is 54.6 Å². The Morgan fingerprint density at radius 2 is 1.53 bits per heavy atom. The molecule has 3 heteroatoms. The molecule has 0 atom stereocenters. The SMILES string of the molecule is Oc1[nH]c2ccccc2c1-c1cc2ccccc2[nH]1. The third kappa shape index (κ3) is 1.45. The van der Waals surface area contributed by atoms with Gasteiger partial charge in [-0.25, -0.2) is 0 Å². The zero-order chi connectivity index (χ0) is 12.8. The van der Waals surface area contributed by atoms with E-state index in [4.69, 9.17) is 0 Å². The molecule has 0 aliphatic carbocycles. The number of hydrogen-bond acceptors (Lipinski definition) is 1. The molecule has 92 valence electrons. The molecule has 0 spiro atoms. The van der Waals surface area contributed by atoms with Crippen molar-refractivity contribution in [2.75, 3.05) is 0 Å². The maximum Gasteiger partial charge on any atom is 0.199 e. The topological polar surface area (TPSA) is 51.8 Å². The Morgan fingerprint density at radius 1 is 0.789 bits per heavy atom. The summed E-state index contributed by atoms with van der Waals surface area (Å²) in [5.41, 5.74) is 3.76. The number of nitrogens with one attached hydrogen (secondary N) is 2. The molecule has 19 heavy (non-hydrogen) atoms. The highest BCUT2D eigenvalue weighted by atomic mass is 16.3. The summed E-state index contributed by atoms with van der Waals surface area (Å²) in [7, 11) is 0. The van der Waals surface area contributed by atoms with Crippen molar-refractivity contribution in [3.8, 4) is 17.1 Å². The Morgan fingerprint density at radius 3 is 2.37 bits per heavy atom. The molecule has 0 saturated carbocycles. The van der Waals surface area contributed by atoms with Crippen LogP contribution in [0.4, 0.5) is 0 Å². The molecule has 0 bridgehead atoms. The summed E-state index contributed by atoms with van der Waals surface area (Å²) in [4.78, 5) is 6.36. The number of benzene rings is 2. The van der Waals surface area contributed by atoms with Gasteiger partial charge in [0.25, 0.3) is 0 Å². The van der Waals surface area contributed by atoms with Crippen molar-refractivity contribution >= 4 is 21.8 Å². The van der Waals surface area contributed by atoms with Gasteiger partial charge >= 0.3 is 0 Å². The van der Waals surface area contributed by atoms with Crippen LogP contribution in [-0.2, 0) is 0 Å². The van der Waals surface area contributed by atoms with E-state index < -0.39 is 0 Å². The smallest absolute Gasteiger partial charge is 0.199 e. The van der Waals surface area contributed by atoms with Crippen molar-refractivity contribution in [2.24, 2.45) is 0 Å². The highest BCUT2D eigenvalue weighted by Gasteiger charge is 2.14. The zero-order valence-electron chi connectivity index (χ0n) is 10.1. The fraction of sp³-hybridized carbons (Fsp3) is 0. The minimum Gasteiger partial charge on any atom is -0.494 e. The van der Waals surface area contributed by atoms with E-state index in [9.17, 15) is 5.11 Å². The lowest BCUT2D eigenvalue weighted by Gasteiger charge is -1.96. The Hall–Kier alpha value is -2.68. The van der Waals surface area contributed by atoms with E-state index in [0.29, 0.717) is 0 Å². The molecule has 3 nitrogen and oxygen atoms in total. The normalized spacial score (nSPS) is 11.4. The van der Waals surface area contributed by atoms with E-state index in [0.717, 1.165) is 33.1 Å².